The van der Waals surface area contributed by atoms with Crippen LogP contribution in [0.3, 0.4) is 0 Å². The highest BCUT2D eigenvalue weighted by atomic mass is 79.9. The number of carbonyl (C=O) groups is 2. The van der Waals surface area contributed by atoms with Gasteiger partial charge in [0.2, 0.25) is 5.91 Å². The van der Waals surface area contributed by atoms with E-state index in [0.29, 0.717) is 30.3 Å². The van der Waals surface area contributed by atoms with Gasteiger partial charge in [0, 0.05) is 55.8 Å². The van der Waals surface area contributed by atoms with Crippen molar-refractivity contribution in [3.05, 3.63) is 64.2 Å². The van der Waals surface area contributed by atoms with E-state index in [0.717, 1.165) is 35.2 Å². The number of likely N-dealkylation sites (tertiary alicyclic amines) is 1. The lowest BCUT2D eigenvalue weighted by Crippen LogP contribution is -2.29. The minimum atomic E-state index is -0.179. The van der Waals surface area contributed by atoms with Crippen LogP contribution in [0.4, 0.5) is 5.69 Å². The molecule has 164 valence electrons. The molecular weight excluding hydrogens is 458 g/mol. The largest absolute Gasteiger partial charge is 0.338 e. The standard InChI is InChI=1S/C23H28BrN5O2/c1-16-11-18(6-7-20(16)27-22(30)5-4-9-28(2)3)23(31)29-10-8-17(15-29)12-21-25-13-19(24)14-26-21/h4-7,11,13-14,17H,8-10,12,15H2,1-3H3,(H,27,30)/b5-4+/t17-/m0/s1. The lowest BCUT2D eigenvalue weighted by Gasteiger charge is -2.17. The number of hydrogen-bond acceptors (Lipinski definition) is 5. The predicted molar refractivity (Wildman–Crippen MR) is 125 cm³/mol. The lowest BCUT2D eigenvalue weighted by atomic mass is 10.0. The van der Waals surface area contributed by atoms with E-state index in [1.165, 1.54) is 6.08 Å². The molecule has 2 aromatic rings. The molecule has 7 nitrogen and oxygen atoms in total. The maximum absolute atomic E-state index is 13.0. The topological polar surface area (TPSA) is 78.4 Å². The number of benzene rings is 1. The van der Waals surface area contributed by atoms with Gasteiger partial charge in [0.1, 0.15) is 5.82 Å². The van der Waals surface area contributed by atoms with E-state index in [-0.39, 0.29) is 11.8 Å². The Labute approximate surface area is 191 Å². The number of nitrogens with zero attached hydrogens (tertiary/aromatic N) is 4. The molecule has 8 heteroatoms. The third kappa shape index (κ3) is 6.70. The molecule has 0 bridgehead atoms. The molecule has 0 aliphatic carbocycles. The van der Waals surface area contributed by atoms with Gasteiger partial charge in [-0.05, 0) is 73.1 Å². The quantitative estimate of drug-likeness (QED) is 0.608. The Balaban J connectivity index is 1.57. The van der Waals surface area contributed by atoms with Crippen LogP contribution < -0.4 is 5.32 Å². The Morgan fingerprint density at radius 1 is 1.29 bits per heavy atom. The second kappa shape index (κ2) is 10.6. The van der Waals surface area contributed by atoms with Gasteiger partial charge in [0.15, 0.2) is 0 Å². The number of anilines is 1. The lowest BCUT2D eigenvalue weighted by molar-refractivity contribution is -0.111. The zero-order chi connectivity index (χ0) is 22.4. The van der Waals surface area contributed by atoms with E-state index in [9.17, 15) is 9.59 Å². The minimum Gasteiger partial charge on any atom is -0.338 e. The van der Waals surface area contributed by atoms with Crippen molar-refractivity contribution in [2.75, 3.05) is 39.0 Å². The van der Waals surface area contributed by atoms with Crippen LogP contribution in [0.2, 0.25) is 0 Å². The Morgan fingerprint density at radius 2 is 2.03 bits per heavy atom. The molecule has 1 N–H and O–H groups in total. The van der Waals surface area contributed by atoms with Crippen LogP contribution in [-0.4, -0.2) is 65.3 Å². The van der Waals surface area contributed by atoms with Crippen LogP contribution in [0.15, 0.2) is 47.2 Å². The number of likely N-dealkylation sites (N-methyl/N-ethyl adjacent to an activating group) is 1. The van der Waals surface area contributed by atoms with Gasteiger partial charge in [-0.3, -0.25) is 9.59 Å². The maximum atomic E-state index is 13.0. The fraction of sp³-hybridized carbons (Fsp3) is 0.391. The second-order valence-electron chi connectivity index (χ2n) is 8.11. The molecule has 2 amide bonds. The van der Waals surface area contributed by atoms with Crippen molar-refractivity contribution in [3.8, 4) is 0 Å². The highest BCUT2D eigenvalue weighted by molar-refractivity contribution is 9.10. The van der Waals surface area contributed by atoms with E-state index in [1.807, 2.05) is 43.0 Å². The monoisotopic (exact) mass is 485 g/mol. The summed E-state index contributed by atoms with van der Waals surface area (Å²) in [5.74, 6) is 1.00. The van der Waals surface area contributed by atoms with Crippen LogP contribution in [0.5, 0.6) is 0 Å². The highest BCUT2D eigenvalue weighted by Crippen LogP contribution is 2.23. The maximum Gasteiger partial charge on any atom is 0.253 e. The summed E-state index contributed by atoms with van der Waals surface area (Å²) in [5, 5.41) is 2.87. The summed E-state index contributed by atoms with van der Waals surface area (Å²) in [6.45, 7) is 4.03. The zero-order valence-corrected chi connectivity index (χ0v) is 19.7. The van der Waals surface area contributed by atoms with E-state index >= 15 is 0 Å². The van der Waals surface area contributed by atoms with E-state index < -0.39 is 0 Å². The fourth-order valence-electron chi connectivity index (χ4n) is 3.55. The van der Waals surface area contributed by atoms with Crippen molar-refractivity contribution < 1.29 is 9.59 Å². The molecule has 0 unspecified atom stereocenters. The summed E-state index contributed by atoms with van der Waals surface area (Å²) < 4.78 is 0.860. The van der Waals surface area contributed by atoms with Gasteiger partial charge in [-0.25, -0.2) is 9.97 Å². The zero-order valence-electron chi connectivity index (χ0n) is 18.1. The Hall–Kier alpha value is -2.58. The van der Waals surface area contributed by atoms with E-state index in [2.05, 4.69) is 31.2 Å². The molecule has 31 heavy (non-hydrogen) atoms. The van der Waals surface area contributed by atoms with Crippen molar-refractivity contribution >= 4 is 33.4 Å². The van der Waals surface area contributed by atoms with Crippen molar-refractivity contribution in [2.24, 2.45) is 5.92 Å². The average Bonchev–Trinajstić information content (AvgIpc) is 3.19. The third-order valence-corrected chi connectivity index (χ3v) is 5.60. The first-order valence-electron chi connectivity index (χ1n) is 10.3. The van der Waals surface area contributed by atoms with Gasteiger partial charge in [-0.1, -0.05) is 6.08 Å². The van der Waals surface area contributed by atoms with Gasteiger partial charge in [-0.15, -0.1) is 0 Å². The molecule has 3 rings (SSSR count). The third-order valence-electron chi connectivity index (χ3n) is 5.19. The van der Waals surface area contributed by atoms with Crippen LogP contribution in [-0.2, 0) is 11.2 Å². The molecule has 1 aliphatic heterocycles. The Kier molecular flexibility index (Phi) is 7.92. The van der Waals surface area contributed by atoms with Crippen LogP contribution in [0.25, 0.3) is 0 Å². The predicted octanol–water partition coefficient (Wildman–Crippen LogP) is 3.31. The first-order valence-corrected chi connectivity index (χ1v) is 11.1. The first-order chi connectivity index (χ1) is 14.8. The van der Waals surface area contributed by atoms with Crippen LogP contribution >= 0.6 is 15.9 Å². The number of hydrogen-bond donors (Lipinski definition) is 1. The molecule has 1 aromatic heterocycles. The fourth-order valence-corrected chi connectivity index (χ4v) is 3.76. The van der Waals surface area contributed by atoms with Crippen molar-refractivity contribution in [2.45, 2.75) is 19.8 Å². The van der Waals surface area contributed by atoms with Gasteiger partial charge in [0.05, 0.1) is 4.47 Å². The number of nitrogens with one attached hydrogen (secondary N) is 1. The summed E-state index contributed by atoms with van der Waals surface area (Å²) in [4.78, 5) is 37.6. The van der Waals surface area contributed by atoms with Gasteiger partial charge in [-0.2, -0.15) is 0 Å². The molecule has 1 aliphatic rings. The number of aromatic nitrogens is 2. The summed E-state index contributed by atoms with van der Waals surface area (Å²) in [6.07, 6.45) is 8.55. The summed E-state index contributed by atoms with van der Waals surface area (Å²) in [7, 11) is 3.89. The van der Waals surface area contributed by atoms with Crippen LogP contribution in [0, 0.1) is 12.8 Å². The molecule has 1 atom stereocenters. The molecule has 2 heterocycles. The molecule has 1 saturated heterocycles. The van der Waals surface area contributed by atoms with Crippen LogP contribution in [0.1, 0.15) is 28.2 Å². The highest BCUT2D eigenvalue weighted by Gasteiger charge is 2.27. The summed E-state index contributed by atoms with van der Waals surface area (Å²) >= 11 is 3.35. The van der Waals surface area contributed by atoms with Gasteiger partial charge >= 0.3 is 0 Å². The SMILES string of the molecule is Cc1cc(C(=O)N2CC[C@@H](Cc3ncc(Br)cn3)C2)ccc1NC(=O)/C=C/CN(C)C. The summed E-state index contributed by atoms with van der Waals surface area (Å²) in [6, 6.07) is 5.41. The van der Waals surface area contributed by atoms with Crippen molar-refractivity contribution in [3.63, 3.8) is 0 Å². The number of amides is 2. The van der Waals surface area contributed by atoms with Crippen molar-refractivity contribution in [1.29, 1.82) is 0 Å². The minimum absolute atomic E-state index is 0.0195. The van der Waals surface area contributed by atoms with Gasteiger partial charge in [0.25, 0.3) is 5.91 Å². The molecule has 1 aromatic carbocycles. The Morgan fingerprint density at radius 3 is 2.71 bits per heavy atom. The van der Waals surface area contributed by atoms with E-state index in [4.69, 9.17) is 0 Å². The number of aryl methyl sites for hydroxylation is 1. The van der Waals surface area contributed by atoms with Gasteiger partial charge < -0.3 is 15.1 Å². The second-order valence-corrected chi connectivity index (χ2v) is 9.03. The molecule has 0 saturated carbocycles. The number of carbonyl (C=O) groups excluding carboxylic acids is 2. The molecule has 1 fully saturated rings. The van der Waals surface area contributed by atoms with E-state index in [1.54, 1.807) is 24.5 Å². The average molecular weight is 486 g/mol. The number of halogens is 1. The van der Waals surface area contributed by atoms with Crippen molar-refractivity contribution in [1.82, 2.24) is 19.8 Å². The molecular formula is C23H28BrN5O2. The Bertz CT molecular complexity index is 959. The molecule has 0 radical (unpaired) electrons. The first kappa shape index (κ1) is 23.1. The normalized spacial score (nSPS) is 16.3. The number of rotatable bonds is 7. The molecule has 0 spiro atoms. The summed E-state index contributed by atoms with van der Waals surface area (Å²) in [5.41, 5.74) is 2.21. The smallest absolute Gasteiger partial charge is 0.253 e.